The standard InChI is InChI=1S/C14H27N3O3S/c1-6-11(3)17(7-2)21(19,20)14-12(4)15-16(13(14)5)9-8-10-18/h11,18H,6-10H2,1-5H3. The SMILES string of the molecule is CCC(C)N(CC)S(=O)(=O)c1c(C)nn(CCCO)c1C. The van der Waals surface area contributed by atoms with Crippen LogP contribution < -0.4 is 0 Å². The van der Waals surface area contributed by atoms with Crippen LogP contribution in [0.4, 0.5) is 0 Å². The second kappa shape index (κ2) is 7.38. The van der Waals surface area contributed by atoms with Crippen LogP contribution in [0, 0.1) is 13.8 Å². The lowest BCUT2D eigenvalue weighted by Gasteiger charge is -2.26. The van der Waals surface area contributed by atoms with Crippen LogP contribution in [0.3, 0.4) is 0 Å². The zero-order valence-electron chi connectivity index (χ0n) is 13.6. The number of hydrogen-bond acceptors (Lipinski definition) is 4. The number of aromatic nitrogens is 2. The number of aryl methyl sites for hydroxylation is 2. The molecular weight excluding hydrogens is 290 g/mol. The first kappa shape index (κ1) is 18.1. The molecule has 0 spiro atoms. The van der Waals surface area contributed by atoms with Crippen molar-refractivity contribution in [2.24, 2.45) is 0 Å². The Hall–Kier alpha value is -0.920. The van der Waals surface area contributed by atoms with Gasteiger partial charge in [-0.15, -0.1) is 0 Å². The number of sulfonamides is 1. The number of rotatable bonds is 8. The van der Waals surface area contributed by atoms with E-state index in [1.807, 2.05) is 20.8 Å². The van der Waals surface area contributed by atoms with E-state index >= 15 is 0 Å². The average Bonchev–Trinajstić information content (AvgIpc) is 2.71. The highest BCUT2D eigenvalue weighted by atomic mass is 32.2. The van der Waals surface area contributed by atoms with E-state index in [-0.39, 0.29) is 12.6 Å². The van der Waals surface area contributed by atoms with Crippen LogP contribution in [0.2, 0.25) is 0 Å². The average molecular weight is 317 g/mol. The van der Waals surface area contributed by atoms with E-state index in [0.717, 1.165) is 6.42 Å². The van der Waals surface area contributed by atoms with Gasteiger partial charge in [-0.2, -0.15) is 9.40 Å². The van der Waals surface area contributed by atoms with Gasteiger partial charge in [0.15, 0.2) is 0 Å². The van der Waals surface area contributed by atoms with Crippen molar-refractivity contribution in [1.82, 2.24) is 14.1 Å². The summed E-state index contributed by atoms with van der Waals surface area (Å²) in [5.74, 6) is 0. The first-order chi connectivity index (χ1) is 9.81. The summed E-state index contributed by atoms with van der Waals surface area (Å²) < 4.78 is 29.0. The number of nitrogens with zero attached hydrogens (tertiary/aromatic N) is 3. The maximum Gasteiger partial charge on any atom is 0.246 e. The van der Waals surface area contributed by atoms with Gasteiger partial charge >= 0.3 is 0 Å². The molecule has 1 N–H and O–H groups in total. The minimum absolute atomic E-state index is 0.0420. The molecule has 7 heteroatoms. The third-order valence-corrected chi connectivity index (χ3v) is 6.15. The van der Waals surface area contributed by atoms with E-state index in [4.69, 9.17) is 5.11 Å². The van der Waals surface area contributed by atoms with Crippen molar-refractivity contribution in [3.8, 4) is 0 Å². The fourth-order valence-corrected chi connectivity index (χ4v) is 4.62. The van der Waals surface area contributed by atoms with E-state index < -0.39 is 10.0 Å². The van der Waals surface area contributed by atoms with Crippen molar-refractivity contribution < 1.29 is 13.5 Å². The lowest BCUT2D eigenvalue weighted by atomic mass is 10.3. The van der Waals surface area contributed by atoms with Crippen LogP contribution in [-0.2, 0) is 16.6 Å². The summed E-state index contributed by atoms with van der Waals surface area (Å²) in [6.45, 7) is 10.3. The predicted molar refractivity (Wildman–Crippen MR) is 82.7 cm³/mol. The molecule has 0 saturated carbocycles. The molecule has 0 fully saturated rings. The summed E-state index contributed by atoms with van der Waals surface area (Å²) in [6.07, 6.45) is 1.33. The molecule has 0 aromatic carbocycles. The Labute approximate surface area is 127 Å². The van der Waals surface area contributed by atoms with Crippen LogP contribution in [0.5, 0.6) is 0 Å². The van der Waals surface area contributed by atoms with Gasteiger partial charge in [-0.05, 0) is 33.6 Å². The molecule has 122 valence electrons. The number of hydrogen-bond donors (Lipinski definition) is 1. The first-order valence-corrected chi connectivity index (χ1v) is 8.91. The van der Waals surface area contributed by atoms with Crippen LogP contribution >= 0.6 is 0 Å². The van der Waals surface area contributed by atoms with Crippen molar-refractivity contribution in [2.75, 3.05) is 13.2 Å². The van der Waals surface area contributed by atoms with Gasteiger partial charge in [0.2, 0.25) is 10.0 Å². The van der Waals surface area contributed by atoms with Gasteiger partial charge in [-0.3, -0.25) is 4.68 Å². The Morgan fingerprint density at radius 3 is 2.43 bits per heavy atom. The third kappa shape index (κ3) is 3.64. The quantitative estimate of drug-likeness (QED) is 0.791. The smallest absolute Gasteiger partial charge is 0.246 e. The Bertz CT molecular complexity index is 566. The van der Waals surface area contributed by atoms with Gasteiger partial charge in [-0.25, -0.2) is 8.42 Å². The van der Waals surface area contributed by atoms with Crippen LogP contribution in [0.1, 0.15) is 45.0 Å². The third-order valence-electron chi connectivity index (χ3n) is 3.80. The number of aliphatic hydroxyl groups excluding tert-OH is 1. The molecule has 0 aliphatic rings. The van der Waals surface area contributed by atoms with Crippen molar-refractivity contribution >= 4 is 10.0 Å². The van der Waals surface area contributed by atoms with Crippen molar-refractivity contribution in [3.63, 3.8) is 0 Å². The fraction of sp³-hybridized carbons (Fsp3) is 0.786. The van der Waals surface area contributed by atoms with Crippen LogP contribution in [0.25, 0.3) is 0 Å². The Balaban J connectivity index is 3.28. The highest BCUT2D eigenvalue weighted by Gasteiger charge is 2.32. The maximum absolute atomic E-state index is 12.9. The molecule has 0 amide bonds. The lowest BCUT2D eigenvalue weighted by molar-refractivity contribution is 0.276. The second-order valence-corrected chi connectivity index (χ2v) is 7.09. The molecule has 1 aromatic heterocycles. The molecule has 1 atom stereocenters. The molecule has 1 rings (SSSR count). The van der Waals surface area contributed by atoms with E-state index in [9.17, 15) is 8.42 Å². The van der Waals surface area contributed by atoms with Crippen LogP contribution in [0.15, 0.2) is 4.90 Å². The van der Waals surface area contributed by atoms with E-state index in [1.165, 1.54) is 4.31 Å². The molecule has 21 heavy (non-hydrogen) atoms. The molecule has 1 aromatic rings. The fourth-order valence-electron chi connectivity index (χ4n) is 2.53. The largest absolute Gasteiger partial charge is 0.396 e. The second-order valence-electron chi connectivity index (χ2n) is 5.27. The number of aliphatic hydroxyl groups is 1. The zero-order valence-corrected chi connectivity index (χ0v) is 14.4. The summed E-state index contributed by atoms with van der Waals surface area (Å²) in [5.41, 5.74) is 1.16. The van der Waals surface area contributed by atoms with Crippen molar-refractivity contribution in [2.45, 2.75) is 64.9 Å². The summed E-state index contributed by atoms with van der Waals surface area (Å²) in [5, 5.41) is 13.2. The summed E-state index contributed by atoms with van der Waals surface area (Å²) >= 11 is 0. The van der Waals surface area contributed by atoms with Crippen molar-refractivity contribution in [1.29, 1.82) is 0 Å². The Morgan fingerprint density at radius 1 is 1.33 bits per heavy atom. The zero-order chi connectivity index (χ0) is 16.2. The molecule has 6 nitrogen and oxygen atoms in total. The van der Waals surface area contributed by atoms with E-state index in [0.29, 0.717) is 35.8 Å². The van der Waals surface area contributed by atoms with Gasteiger partial charge in [0.1, 0.15) is 4.90 Å². The molecular formula is C14H27N3O3S. The van der Waals surface area contributed by atoms with E-state index in [1.54, 1.807) is 18.5 Å². The topological polar surface area (TPSA) is 75.4 Å². The highest BCUT2D eigenvalue weighted by Crippen LogP contribution is 2.25. The highest BCUT2D eigenvalue weighted by molar-refractivity contribution is 7.89. The van der Waals surface area contributed by atoms with Gasteiger partial charge in [0.05, 0.1) is 11.4 Å². The van der Waals surface area contributed by atoms with Crippen molar-refractivity contribution in [3.05, 3.63) is 11.4 Å². The molecule has 0 bridgehead atoms. The van der Waals surface area contributed by atoms with E-state index in [2.05, 4.69) is 5.10 Å². The summed E-state index contributed by atoms with van der Waals surface area (Å²) in [4.78, 5) is 0.308. The molecule has 0 aliphatic carbocycles. The predicted octanol–water partition coefficient (Wildman–Crippen LogP) is 1.69. The molecule has 0 aliphatic heterocycles. The van der Waals surface area contributed by atoms with Gasteiger partial charge < -0.3 is 5.11 Å². The van der Waals surface area contributed by atoms with Gasteiger partial charge in [0, 0.05) is 25.7 Å². The first-order valence-electron chi connectivity index (χ1n) is 7.47. The van der Waals surface area contributed by atoms with Crippen LogP contribution in [-0.4, -0.2) is 46.8 Å². The maximum atomic E-state index is 12.9. The molecule has 1 unspecified atom stereocenters. The molecule has 1 heterocycles. The Kier molecular flexibility index (Phi) is 6.37. The van der Waals surface area contributed by atoms with Gasteiger partial charge in [-0.1, -0.05) is 13.8 Å². The van der Waals surface area contributed by atoms with Gasteiger partial charge in [0.25, 0.3) is 0 Å². The molecule has 0 saturated heterocycles. The Morgan fingerprint density at radius 2 is 1.95 bits per heavy atom. The lowest BCUT2D eigenvalue weighted by Crippen LogP contribution is -2.38. The minimum Gasteiger partial charge on any atom is -0.396 e. The normalized spacial score (nSPS) is 13.9. The summed E-state index contributed by atoms with van der Waals surface area (Å²) in [6, 6.07) is -0.0420. The monoisotopic (exact) mass is 317 g/mol. The minimum atomic E-state index is -3.54. The summed E-state index contributed by atoms with van der Waals surface area (Å²) in [7, 11) is -3.54. The molecule has 0 radical (unpaired) electrons.